The molecule has 7 nitrogen and oxygen atoms in total. The van der Waals surface area contributed by atoms with Gasteiger partial charge in [0.15, 0.2) is 0 Å². The molecular formula is C25H27Cl2N3O4S. The first-order valence-electron chi connectivity index (χ1n) is 11.0. The van der Waals surface area contributed by atoms with Crippen LogP contribution in [0, 0.1) is 0 Å². The first kappa shape index (κ1) is 26.9. The average Bonchev–Trinajstić information content (AvgIpc) is 2.83. The Morgan fingerprint density at radius 3 is 2.31 bits per heavy atom. The van der Waals surface area contributed by atoms with Crippen molar-refractivity contribution < 1.29 is 18.0 Å². The van der Waals surface area contributed by atoms with Gasteiger partial charge in [-0.15, -0.1) is 0 Å². The molecule has 1 unspecified atom stereocenters. The number of benzene rings is 3. The van der Waals surface area contributed by atoms with Crippen LogP contribution in [-0.4, -0.2) is 55.6 Å². The molecule has 3 rings (SSSR count). The summed E-state index contributed by atoms with van der Waals surface area (Å²) in [5, 5.41) is 5.07. The van der Waals surface area contributed by atoms with E-state index in [1.807, 2.05) is 24.3 Å². The van der Waals surface area contributed by atoms with E-state index in [0.717, 1.165) is 15.1 Å². The molecule has 3 aromatic carbocycles. The number of rotatable bonds is 9. The third-order valence-corrected chi connectivity index (χ3v) is 8.18. The Morgan fingerprint density at radius 1 is 0.971 bits per heavy atom. The van der Waals surface area contributed by atoms with Crippen LogP contribution in [0.1, 0.15) is 19.4 Å². The Morgan fingerprint density at radius 2 is 1.66 bits per heavy atom. The number of hydrogen-bond donors (Lipinski definition) is 1. The third kappa shape index (κ3) is 6.32. The van der Waals surface area contributed by atoms with Crippen molar-refractivity contribution in [2.24, 2.45) is 0 Å². The second-order valence-electron chi connectivity index (χ2n) is 8.11. The van der Waals surface area contributed by atoms with Gasteiger partial charge >= 0.3 is 0 Å². The fourth-order valence-corrected chi connectivity index (χ4v) is 5.09. The minimum absolute atomic E-state index is 0.0535. The van der Waals surface area contributed by atoms with Crippen molar-refractivity contribution in [2.45, 2.75) is 31.3 Å². The lowest BCUT2D eigenvalue weighted by molar-refractivity contribution is -0.140. The first-order valence-corrected chi connectivity index (χ1v) is 13.2. The molecule has 186 valence electrons. The molecule has 0 bridgehead atoms. The molecule has 10 heteroatoms. The van der Waals surface area contributed by atoms with Gasteiger partial charge in [0, 0.05) is 20.1 Å². The van der Waals surface area contributed by atoms with Crippen LogP contribution in [0.5, 0.6) is 0 Å². The molecule has 0 spiro atoms. The Balaban J connectivity index is 1.86. The number of carbonyl (C=O) groups is 2. The summed E-state index contributed by atoms with van der Waals surface area (Å²) in [6.07, 6.45) is 0. The second kappa shape index (κ2) is 11.4. The Hall–Kier alpha value is -2.65. The van der Waals surface area contributed by atoms with Crippen LogP contribution in [0.3, 0.4) is 0 Å². The number of carbonyl (C=O) groups excluding carboxylic acids is 2. The van der Waals surface area contributed by atoms with E-state index in [2.05, 4.69) is 5.32 Å². The van der Waals surface area contributed by atoms with E-state index in [0.29, 0.717) is 22.2 Å². The van der Waals surface area contributed by atoms with E-state index < -0.39 is 28.5 Å². The highest BCUT2D eigenvalue weighted by Crippen LogP contribution is 2.25. The van der Waals surface area contributed by atoms with Crippen LogP contribution in [0.4, 0.5) is 0 Å². The summed E-state index contributed by atoms with van der Waals surface area (Å²) >= 11 is 12.1. The summed E-state index contributed by atoms with van der Waals surface area (Å²) in [6.45, 7) is 3.38. The van der Waals surface area contributed by atoms with Crippen LogP contribution in [-0.2, 0) is 26.2 Å². The number of halogens is 2. The van der Waals surface area contributed by atoms with Crippen LogP contribution in [0.15, 0.2) is 65.6 Å². The van der Waals surface area contributed by atoms with Gasteiger partial charge in [0.25, 0.3) is 0 Å². The van der Waals surface area contributed by atoms with Gasteiger partial charge in [-0.3, -0.25) is 9.59 Å². The minimum Gasteiger partial charge on any atom is -0.355 e. The van der Waals surface area contributed by atoms with Crippen LogP contribution < -0.4 is 5.32 Å². The van der Waals surface area contributed by atoms with E-state index in [-0.39, 0.29) is 17.3 Å². The SMILES string of the molecule is CCNC(=O)C(C)N(Cc1ccc(Cl)c(Cl)c1)C(=O)CN(C)S(=O)(=O)c1ccc2ccccc2c1. The van der Waals surface area contributed by atoms with Crippen molar-refractivity contribution in [1.29, 1.82) is 0 Å². The highest BCUT2D eigenvalue weighted by atomic mass is 35.5. The molecular weight excluding hydrogens is 509 g/mol. The lowest BCUT2D eigenvalue weighted by Crippen LogP contribution is -2.50. The molecule has 0 aromatic heterocycles. The molecule has 0 radical (unpaired) electrons. The Kier molecular flexibility index (Phi) is 8.77. The maximum absolute atomic E-state index is 13.3. The summed E-state index contributed by atoms with van der Waals surface area (Å²) in [6, 6.07) is 16.3. The minimum atomic E-state index is -3.95. The summed E-state index contributed by atoms with van der Waals surface area (Å²) in [7, 11) is -2.61. The van der Waals surface area contributed by atoms with Gasteiger partial charge in [-0.25, -0.2) is 8.42 Å². The number of amides is 2. The monoisotopic (exact) mass is 535 g/mol. The molecule has 35 heavy (non-hydrogen) atoms. The lowest BCUT2D eigenvalue weighted by atomic mass is 10.1. The summed E-state index contributed by atoms with van der Waals surface area (Å²) < 4.78 is 27.4. The van der Waals surface area contributed by atoms with E-state index in [9.17, 15) is 18.0 Å². The topological polar surface area (TPSA) is 86.8 Å². The van der Waals surface area contributed by atoms with E-state index in [4.69, 9.17) is 23.2 Å². The van der Waals surface area contributed by atoms with E-state index in [1.165, 1.54) is 18.0 Å². The predicted molar refractivity (Wildman–Crippen MR) is 139 cm³/mol. The molecule has 0 aliphatic heterocycles. The lowest BCUT2D eigenvalue weighted by Gasteiger charge is -2.30. The van der Waals surface area contributed by atoms with Gasteiger partial charge in [-0.1, -0.05) is 59.6 Å². The smallest absolute Gasteiger partial charge is 0.243 e. The third-order valence-electron chi connectivity index (χ3n) is 5.64. The molecule has 0 saturated heterocycles. The van der Waals surface area contributed by atoms with Gasteiger partial charge in [0.1, 0.15) is 6.04 Å². The van der Waals surface area contributed by atoms with Gasteiger partial charge < -0.3 is 10.2 Å². The van der Waals surface area contributed by atoms with E-state index in [1.54, 1.807) is 44.2 Å². The van der Waals surface area contributed by atoms with Gasteiger partial charge in [0.2, 0.25) is 21.8 Å². The zero-order chi connectivity index (χ0) is 25.8. The number of nitrogens with zero attached hydrogens (tertiary/aromatic N) is 2. The average molecular weight is 536 g/mol. The molecule has 1 atom stereocenters. The zero-order valence-corrected chi connectivity index (χ0v) is 22.0. The van der Waals surface area contributed by atoms with Crippen LogP contribution in [0.2, 0.25) is 10.0 Å². The fraction of sp³-hybridized carbons (Fsp3) is 0.280. The molecule has 0 aliphatic carbocycles. The number of nitrogens with one attached hydrogen (secondary N) is 1. The van der Waals surface area contributed by atoms with Crippen LogP contribution >= 0.6 is 23.2 Å². The first-order chi connectivity index (χ1) is 16.5. The molecule has 2 amide bonds. The predicted octanol–water partition coefficient (Wildman–Crippen LogP) is 4.32. The molecule has 0 heterocycles. The maximum atomic E-state index is 13.3. The van der Waals surface area contributed by atoms with Crippen LogP contribution in [0.25, 0.3) is 10.8 Å². The van der Waals surface area contributed by atoms with Crippen molar-refractivity contribution in [3.05, 3.63) is 76.3 Å². The maximum Gasteiger partial charge on any atom is 0.243 e. The van der Waals surface area contributed by atoms with Gasteiger partial charge in [0.05, 0.1) is 21.5 Å². The molecule has 0 aliphatic rings. The van der Waals surface area contributed by atoms with Gasteiger partial charge in [-0.05, 0) is 54.4 Å². The zero-order valence-electron chi connectivity index (χ0n) is 19.7. The molecule has 1 N–H and O–H groups in total. The number of hydrogen-bond acceptors (Lipinski definition) is 4. The number of likely N-dealkylation sites (N-methyl/N-ethyl adjacent to an activating group) is 2. The van der Waals surface area contributed by atoms with Crippen molar-refractivity contribution >= 4 is 55.8 Å². The molecule has 3 aromatic rings. The summed E-state index contributed by atoms with van der Waals surface area (Å²) in [5.41, 5.74) is 0.656. The Labute approximate surface area is 215 Å². The highest BCUT2D eigenvalue weighted by Gasteiger charge is 2.30. The van der Waals surface area contributed by atoms with Crippen molar-refractivity contribution in [3.63, 3.8) is 0 Å². The quantitative estimate of drug-likeness (QED) is 0.442. The molecule has 0 saturated carbocycles. The Bertz CT molecular complexity index is 1350. The van der Waals surface area contributed by atoms with Crippen molar-refractivity contribution in [2.75, 3.05) is 20.1 Å². The normalized spacial score (nSPS) is 12.5. The van der Waals surface area contributed by atoms with E-state index >= 15 is 0 Å². The summed E-state index contributed by atoms with van der Waals surface area (Å²) in [4.78, 5) is 27.3. The second-order valence-corrected chi connectivity index (χ2v) is 11.0. The fourth-order valence-electron chi connectivity index (χ4n) is 3.61. The summed E-state index contributed by atoms with van der Waals surface area (Å²) in [5.74, 6) is -0.873. The van der Waals surface area contributed by atoms with Crippen molar-refractivity contribution in [1.82, 2.24) is 14.5 Å². The standard InChI is InChI=1S/C25H27Cl2N3O4S/c1-4-28-25(32)17(2)30(15-18-9-12-22(26)23(27)13-18)24(31)16-29(3)35(33,34)21-11-10-19-7-5-6-8-20(19)14-21/h5-14,17H,4,15-16H2,1-3H3,(H,28,32). The number of fused-ring (bicyclic) bond motifs is 1. The molecule has 0 fully saturated rings. The van der Waals surface area contributed by atoms with Crippen molar-refractivity contribution in [3.8, 4) is 0 Å². The number of sulfonamides is 1. The largest absolute Gasteiger partial charge is 0.355 e. The highest BCUT2D eigenvalue weighted by molar-refractivity contribution is 7.89. The van der Waals surface area contributed by atoms with Gasteiger partial charge in [-0.2, -0.15) is 4.31 Å².